The first kappa shape index (κ1) is 15.7. The van der Waals surface area contributed by atoms with Gasteiger partial charge in [0.25, 0.3) is 0 Å². The molecule has 0 unspecified atom stereocenters. The summed E-state index contributed by atoms with van der Waals surface area (Å²) in [5, 5.41) is 8.45. The second-order valence-corrected chi connectivity index (χ2v) is 6.28. The van der Waals surface area contributed by atoms with Crippen molar-refractivity contribution in [1.29, 1.82) is 0 Å². The van der Waals surface area contributed by atoms with Crippen molar-refractivity contribution in [1.82, 2.24) is 20.5 Å². The molecule has 0 radical (unpaired) electrons. The summed E-state index contributed by atoms with van der Waals surface area (Å²) in [6, 6.07) is 5.43. The van der Waals surface area contributed by atoms with E-state index in [-0.39, 0.29) is 11.9 Å². The number of anilines is 1. The zero-order chi connectivity index (χ0) is 16.1. The average molecular weight is 333 g/mol. The van der Waals surface area contributed by atoms with Crippen LogP contribution in [0.1, 0.15) is 6.42 Å². The van der Waals surface area contributed by atoms with E-state index in [9.17, 15) is 9.59 Å². The van der Waals surface area contributed by atoms with Crippen LogP contribution in [0.2, 0.25) is 0 Å². The van der Waals surface area contributed by atoms with Crippen LogP contribution in [0.5, 0.6) is 0 Å². The maximum atomic E-state index is 11.9. The summed E-state index contributed by atoms with van der Waals surface area (Å²) in [5.74, 6) is 0.0698. The third kappa shape index (κ3) is 4.40. The smallest absolute Gasteiger partial charge is 0.319 e. The lowest BCUT2D eigenvalue weighted by Crippen LogP contribution is -2.48. The average Bonchev–Trinajstić information content (AvgIpc) is 2.99. The van der Waals surface area contributed by atoms with E-state index in [0.717, 1.165) is 35.4 Å². The fourth-order valence-electron chi connectivity index (χ4n) is 2.50. The van der Waals surface area contributed by atoms with Gasteiger partial charge >= 0.3 is 6.03 Å². The lowest BCUT2D eigenvalue weighted by atomic mass is 10.3. The molecule has 0 saturated carbocycles. The predicted octanol–water partition coefficient (Wildman–Crippen LogP) is 1.24. The van der Waals surface area contributed by atoms with E-state index in [1.807, 2.05) is 18.2 Å². The van der Waals surface area contributed by atoms with Crippen LogP contribution in [0.25, 0.3) is 10.2 Å². The standard InChI is InChI=1S/C15H19N5O2S/c21-14-9-20(7-5-16-14)6-1-4-17-15(22)19-11-2-3-12-13(8-11)23-10-18-12/h2-3,8,10H,1,4-7,9H2,(H,16,21)(H2,17,19,22). The number of amides is 3. The first-order valence-electron chi connectivity index (χ1n) is 7.58. The number of fused-ring (bicyclic) bond motifs is 1. The van der Waals surface area contributed by atoms with Crippen LogP contribution in [-0.2, 0) is 4.79 Å². The number of nitrogens with zero attached hydrogens (tertiary/aromatic N) is 2. The van der Waals surface area contributed by atoms with Gasteiger partial charge in [0.2, 0.25) is 5.91 Å². The summed E-state index contributed by atoms with van der Waals surface area (Å²) in [7, 11) is 0. The van der Waals surface area contributed by atoms with Gasteiger partial charge in [0.05, 0.1) is 22.3 Å². The number of rotatable bonds is 5. The molecule has 1 fully saturated rings. The second kappa shape index (κ2) is 7.38. The molecule has 3 rings (SSSR count). The van der Waals surface area contributed by atoms with E-state index in [2.05, 4.69) is 25.8 Å². The number of carbonyl (C=O) groups is 2. The molecule has 1 aromatic carbocycles. The largest absolute Gasteiger partial charge is 0.354 e. The van der Waals surface area contributed by atoms with E-state index in [4.69, 9.17) is 0 Å². The molecule has 8 heteroatoms. The molecule has 0 atom stereocenters. The Balaban J connectivity index is 1.38. The summed E-state index contributed by atoms with van der Waals surface area (Å²) in [6.07, 6.45) is 0.814. The molecule has 7 nitrogen and oxygen atoms in total. The van der Waals surface area contributed by atoms with Gasteiger partial charge in [-0.05, 0) is 24.6 Å². The number of piperazine rings is 1. The van der Waals surface area contributed by atoms with Crippen LogP contribution < -0.4 is 16.0 Å². The molecule has 1 aliphatic heterocycles. The number of carbonyl (C=O) groups excluding carboxylic acids is 2. The Morgan fingerprint density at radius 1 is 1.43 bits per heavy atom. The lowest BCUT2D eigenvalue weighted by Gasteiger charge is -2.26. The van der Waals surface area contributed by atoms with Crippen LogP contribution in [0.3, 0.4) is 0 Å². The summed E-state index contributed by atoms with van der Waals surface area (Å²) in [4.78, 5) is 29.4. The van der Waals surface area contributed by atoms with Crippen molar-refractivity contribution in [2.24, 2.45) is 0 Å². The van der Waals surface area contributed by atoms with E-state index < -0.39 is 0 Å². The summed E-state index contributed by atoms with van der Waals surface area (Å²) in [6.45, 7) is 3.40. The van der Waals surface area contributed by atoms with Gasteiger partial charge in [-0.25, -0.2) is 9.78 Å². The molecule has 122 valence electrons. The van der Waals surface area contributed by atoms with Crippen LogP contribution in [0, 0.1) is 0 Å². The first-order chi connectivity index (χ1) is 11.2. The highest BCUT2D eigenvalue weighted by atomic mass is 32.1. The third-order valence-corrected chi connectivity index (χ3v) is 4.43. The zero-order valence-corrected chi connectivity index (χ0v) is 13.5. The minimum absolute atomic E-state index is 0.0698. The molecular weight excluding hydrogens is 314 g/mol. The van der Waals surface area contributed by atoms with E-state index in [1.165, 1.54) is 0 Å². The minimum Gasteiger partial charge on any atom is -0.354 e. The fraction of sp³-hybridized carbons (Fsp3) is 0.400. The first-order valence-corrected chi connectivity index (χ1v) is 8.46. The highest BCUT2D eigenvalue weighted by molar-refractivity contribution is 7.16. The third-order valence-electron chi connectivity index (χ3n) is 3.64. The van der Waals surface area contributed by atoms with Gasteiger partial charge in [-0.3, -0.25) is 9.69 Å². The molecule has 0 spiro atoms. The van der Waals surface area contributed by atoms with Gasteiger partial charge in [-0.1, -0.05) is 0 Å². The molecule has 0 bridgehead atoms. The van der Waals surface area contributed by atoms with Crippen molar-refractivity contribution < 1.29 is 9.59 Å². The van der Waals surface area contributed by atoms with Gasteiger partial charge in [0, 0.05) is 31.9 Å². The molecule has 2 aromatic rings. The van der Waals surface area contributed by atoms with Crippen molar-refractivity contribution in [3.05, 3.63) is 23.7 Å². The van der Waals surface area contributed by atoms with Crippen molar-refractivity contribution in [2.75, 3.05) is 38.0 Å². The van der Waals surface area contributed by atoms with Crippen LogP contribution >= 0.6 is 11.3 Å². The monoisotopic (exact) mass is 333 g/mol. The Hall–Kier alpha value is -2.19. The molecule has 3 N–H and O–H groups in total. The van der Waals surface area contributed by atoms with Crippen molar-refractivity contribution >= 4 is 39.2 Å². The molecule has 1 aliphatic rings. The van der Waals surface area contributed by atoms with E-state index in [0.29, 0.717) is 19.6 Å². The maximum Gasteiger partial charge on any atom is 0.319 e. The van der Waals surface area contributed by atoms with Gasteiger partial charge in [-0.15, -0.1) is 11.3 Å². The number of urea groups is 1. The minimum atomic E-state index is -0.217. The zero-order valence-electron chi connectivity index (χ0n) is 12.7. The maximum absolute atomic E-state index is 11.9. The second-order valence-electron chi connectivity index (χ2n) is 5.40. The van der Waals surface area contributed by atoms with Crippen molar-refractivity contribution in [2.45, 2.75) is 6.42 Å². The lowest BCUT2D eigenvalue weighted by molar-refractivity contribution is -0.124. The quantitative estimate of drug-likeness (QED) is 0.719. The highest BCUT2D eigenvalue weighted by Crippen LogP contribution is 2.21. The predicted molar refractivity (Wildman–Crippen MR) is 90.7 cm³/mol. The molecule has 1 aromatic heterocycles. The molecule has 1 saturated heterocycles. The Kier molecular flexibility index (Phi) is 5.04. The van der Waals surface area contributed by atoms with E-state index in [1.54, 1.807) is 16.8 Å². The number of aromatic nitrogens is 1. The van der Waals surface area contributed by atoms with Gasteiger partial charge in [-0.2, -0.15) is 0 Å². The Morgan fingerprint density at radius 3 is 3.22 bits per heavy atom. The summed E-state index contributed by atoms with van der Waals surface area (Å²) >= 11 is 1.55. The van der Waals surface area contributed by atoms with Crippen molar-refractivity contribution in [3.8, 4) is 0 Å². The molecule has 3 amide bonds. The number of thiazole rings is 1. The Morgan fingerprint density at radius 2 is 2.35 bits per heavy atom. The Bertz CT molecular complexity index is 702. The SMILES string of the molecule is O=C1CN(CCCNC(=O)Nc2ccc3ncsc3c2)CCN1. The summed E-state index contributed by atoms with van der Waals surface area (Å²) in [5.41, 5.74) is 3.48. The number of nitrogens with one attached hydrogen (secondary N) is 3. The number of hydrogen-bond acceptors (Lipinski definition) is 5. The van der Waals surface area contributed by atoms with E-state index >= 15 is 0 Å². The summed E-state index contributed by atoms with van der Waals surface area (Å²) < 4.78 is 1.05. The Labute approximate surface area is 138 Å². The van der Waals surface area contributed by atoms with Gasteiger partial charge in [0.1, 0.15) is 0 Å². The van der Waals surface area contributed by atoms with Crippen LogP contribution in [0.4, 0.5) is 10.5 Å². The normalized spacial score (nSPS) is 15.4. The van der Waals surface area contributed by atoms with Gasteiger partial charge in [0.15, 0.2) is 0 Å². The molecule has 2 heterocycles. The van der Waals surface area contributed by atoms with Gasteiger partial charge < -0.3 is 16.0 Å². The molecule has 23 heavy (non-hydrogen) atoms. The molecular formula is C15H19N5O2S. The fourth-order valence-corrected chi connectivity index (χ4v) is 3.21. The van der Waals surface area contributed by atoms with Crippen LogP contribution in [-0.4, -0.2) is 54.5 Å². The van der Waals surface area contributed by atoms with Crippen molar-refractivity contribution in [3.63, 3.8) is 0 Å². The number of hydrogen-bond donors (Lipinski definition) is 3. The highest BCUT2D eigenvalue weighted by Gasteiger charge is 2.15. The number of benzene rings is 1. The topological polar surface area (TPSA) is 86.4 Å². The van der Waals surface area contributed by atoms with Crippen LogP contribution in [0.15, 0.2) is 23.7 Å². The molecule has 0 aliphatic carbocycles.